The summed E-state index contributed by atoms with van der Waals surface area (Å²) in [4.78, 5) is 46.2. The van der Waals surface area contributed by atoms with Crippen LogP contribution in [0.2, 0.25) is 0 Å². The van der Waals surface area contributed by atoms with Crippen LogP contribution in [0.15, 0.2) is 48.5 Å². The number of amides is 2. The highest BCUT2D eigenvalue weighted by Gasteiger charge is 2.05. The second-order valence-corrected chi connectivity index (χ2v) is 8.63. The first kappa shape index (κ1) is 27.6. The molecule has 8 heteroatoms. The van der Waals surface area contributed by atoms with Crippen LogP contribution in [-0.4, -0.2) is 36.5 Å². The zero-order valence-electron chi connectivity index (χ0n) is 20.6. The van der Waals surface area contributed by atoms with Crippen LogP contribution in [0.1, 0.15) is 58.8 Å². The van der Waals surface area contributed by atoms with Crippen LogP contribution in [0.3, 0.4) is 0 Å². The molecule has 2 aromatic rings. The Morgan fingerprint density at radius 1 is 0.514 bits per heavy atom. The lowest BCUT2D eigenvalue weighted by Gasteiger charge is -2.08. The van der Waals surface area contributed by atoms with Crippen LogP contribution >= 0.6 is 0 Å². The molecule has 0 aliphatic heterocycles. The highest BCUT2D eigenvalue weighted by molar-refractivity contribution is 5.91. The number of nitrogens with one attached hydrogen (secondary N) is 4. The molecule has 0 saturated heterocycles. The summed E-state index contributed by atoms with van der Waals surface area (Å²) in [7, 11) is 0. The van der Waals surface area contributed by atoms with E-state index in [0.29, 0.717) is 12.8 Å². The molecular weight excluding hydrogens is 444 g/mol. The number of hydrogen-bond acceptors (Lipinski definition) is 6. The van der Waals surface area contributed by atoms with Crippen molar-refractivity contribution in [3.05, 3.63) is 48.5 Å². The summed E-state index contributed by atoms with van der Waals surface area (Å²) in [6.45, 7) is 3.62. The third-order valence-electron chi connectivity index (χ3n) is 5.23. The van der Waals surface area contributed by atoms with Gasteiger partial charge in [-0.1, -0.05) is 19.3 Å². The summed E-state index contributed by atoms with van der Waals surface area (Å²) in [6, 6.07) is 14.6. The second-order valence-electron chi connectivity index (χ2n) is 8.63. The van der Waals surface area contributed by atoms with E-state index in [1.807, 2.05) is 48.5 Å². The summed E-state index contributed by atoms with van der Waals surface area (Å²) in [5.74, 6) is 0.0916. The first-order valence-corrected chi connectivity index (χ1v) is 12.1. The van der Waals surface area contributed by atoms with Crippen molar-refractivity contribution in [1.29, 1.82) is 0 Å². The molecule has 35 heavy (non-hydrogen) atoms. The van der Waals surface area contributed by atoms with E-state index in [1.54, 1.807) is 0 Å². The van der Waals surface area contributed by atoms with Crippen LogP contribution in [-0.2, 0) is 19.2 Å². The Kier molecular flexibility index (Phi) is 12.0. The molecule has 0 bridgehead atoms. The van der Waals surface area contributed by atoms with Gasteiger partial charge in [0.05, 0.1) is 13.1 Å². The average Bonchev–Trinajstić information content (AvgIpc) is 2.82. The van der Waals surface area contributed by atoms with Crippen LogP contribution in [0.5, 0.6) is 0 Å². The fourth-order valence-electron chi connectivity index (χ4n) is 3.34. The summed E-state index contributed by atoms with van der Waals surface area (Å²) in [5, 5.41) is 11.8. The maximum atomic E-state index is 12.1. The molecule has 0 fully saturated rings. The smallest absolute Gasteiger partial charge is 0.224 e. The maximum Gasteiger partial charge on any atom is 0.224 e. The Morgan fingerprint density at radius 2 is 0.829 bits per heavy atom. The Bertz CT molecular complexity index is 892. The molecule has 0 radical (unpaired) electrons. The van der Waals surface area contributed by atoms with E-state index in [1.165, 1.54) is 13.8 Å². The molecule has 4 N–H and O–H groups in total. The first-order chi connectivity index (χ1) is 16.8. The van der Waals surface area contributed by atoms with Gasteiger partial charge in [-0.05, 0) is 75.2 Å². The van der Waals surface area contributed by atoms with Crippen molar-refractivity contribution >= 4 is 46.1 Å². The predicted molar refractivity (Wildman–Crippen MR) is 141 cm³/mol. The molecule has 0 atom stereocenters. The van der Waals surface area contributed by atoms with Gasteiger partial charge >= 0.3 is 0 Å². The molecule has 2 amide bonds. The van der Waals surface area contributed by atoms with Gasteiger partial charge in [0.25, 0.3) is 0 Å². The topological polar surface area (TPSA) is 116 Å². The average molecular weight is 481 g/mol. The summed E-state index contributed by atoms with van der Waals surface area (Å²) < 4.78 is 0. The number of anilines is 4. The molecule has 8 nitrogen and oxygen atoms in total. The number of carbonyl (C=O) groups is 4. The van der Waals surface area contributed by atoms with Crippen LogP contribution < -0.4 is 21.3 Å². The highest BCUT2D eigenvalue weighted by Crippen LogP contribution is 2.16. The standard InChI is InChI=1S/C27H36N4O4/c1-20(32)18-28-22-10-14-24(15-11-22)30-26(34)8-6-4-3-5-7-9-27(35)31-25-16-12-23(13-17-25)29-19-21(2)33/h10-17,28-29H,3-9,18-19H2,1-2H3,(H,30,34)(H,31,35). The van der Waals surface area contributed by atoms with E-state index >= 15 is 0 Å². The lowest BCUT2D eigenvalue weighted by molar-refractivity contribution is -0.117. The van der Waals surface area contributed by atoms with Gasteiger partial charge in [-0.25, -0.2) is 0 Å². The fourth-order valence-corrected chi connectivity index (χ4v) is 3.34. The van der Waals surface area contributed by atoms with Gasteiger partial charge in [-0.2, -0.15) is 0 Å². The number of hydrogen-bond donors (Lipinski definition) is 4. The highest BCUT2D eigenvalue weighted by atomic mass is 16.2. The fraction of sp³-hybridized carbons (Fsp3) is 0.407. The van der Waals surface area contributed by atoms with E-state index in [4.69, 9.17) is 0 Å². The number of unbranched alkanes of at least 4 members (excludes halogenated alkanes) is 4. The molecule has 0 heterocycles. The van der Waals surface area contributed by atoms with Gasteiger partial charge in [0.2, 0.25) is 11.8 Å². The molecule has 2 rings (SSSR count). The first-order valence-electron chi connectivity index (χ1n) is 12.1. The van der Waals surface area contributed by atoms with Gasteiger partial charge in [-0.3, -0.25) is 19.2 Å². The van der Waals surface area contributed by atoms with E-state index in [0.717, 1.165) is 54.9 Å². The molecule has 0 aliphatic rings. The Hall–Kier alpha value is -3.68. The van der Waals surface area contributed by atoms with Gasteiger partial charge in [0, 0.05) is 35.6 Å². The quantitative estimate of drug-likeness (QED) is 0.251. The molecule has 0 aromatic heterocycles. The van der Waals surface area contributed by atoms with Gasteiger partial charge in [0.1, 0.15) is 11.6 Å². The van der Waals surface area contributed by atoms with Crippen molar-refractivity contribution in [2.45, 2.75) is 58.8 Å². The molecule has 0 aliphatic carbocycles. The second kappa shape index (κ2) is 15.3. The summed E-state index contributed by atoms with van der Waals surface area (Å²) >= 11 is 0. The van der Waals surface area contributed by atoms with Gasteiger partial charge < -0.3 is 21.3 Å². The minimum atomic E-state index is -0.0173. The van der Waals surface area contributed by atoms with Crippen LogP contribution in [0.4, 0.5) is 22.7 Å². The van der Waals surface area contributed by atoms with Crippen molar-refractivity contribution < 1.29 is 19.2 Å². The van der Waals surface area contributed by atoms with Gasteiger partial charge in [-0.15, -0.1) is 0 Å². The molecule has 188 valence electrons. The Labute approximate surface area is 207 Å². The Balaban J connectivity index is 1.52. The monoisotopic (exact) mass is 480 g/mol. The van der Waals surface area contributed by atoms with Crippen molar-refractivity contribution in [3.8, 4) is 0 Å². The Morgan fingerprint density at radius 3 is 1.17 bits per heavy atom. The lowest BCUT2D eigenvalue weighted by Crippen LogP contribution is -2.12. The number of benzene rings is 2. The minimum Gasteiger partial charge on any atom is -0.378 e. The molecular formula is C27H36N4O4. The van der Waals surface area contributed by atoms with E-state index in [9.17, 15) is 19.2 Å². The third kappa shape index (κ3) is 12.4. The van der Waals surface area contributed by atoms with Crippen molar-refractivity contribution in [2.75, 3.05) is 34.4 Å². The van der Waals surface area contributed by atoms with Crippen molar-refractivity contribution in [3.63, 3.8) is 0 Å². The van der Waals surface area contributed by atoms with E-state index in [-0.39, 0.29) is 36.5 Å². The summed E-state index contributed by atoms with van der Waals surface area (Å²) in [6.07, 6.45) is 5.40. The predicted octanol–water partition coefficient (Wildman–Crippen LogP) is 5.00. The number of carbonyl (C=O) groups excluding carboxylic acids is 4. The lowest BCUT2D eigenvalue weighted by atomic mass is 10.1. The maximum absolute atomic E-state index is 12.1. The zero-order chi connectivity index (χ0) is 25.5. The van der Waals surface area contributed by atoms with E-state index < -0.39 is 0 Å². The molecule has 0 spiro atoms. The molecule has 0 unspecified atom stereocenters. The third-order valence-corrected chi connectivity index (χ3v) is 5.23. The van der Waals surface area contributed by atoms with Crippen LogP contribution in [0.25, 0.3) is 0 Å². The molecule has 0 saturated carbocycles. The largest absolute Gasteiger partial charge is 0.378 e. The summed E-state index contributed by atoms with van der Waals surface area (Å²) in [5.41, 5.74) is 3.14. The van der Waals surface area contributed by atoms with Crippen molar-refractivity contribution in [2.24, 2.45) is 0 Å². The number of ketones is 2. The molecule has 2 aromatic carbocycles. The van der Waals surface area contributed by atoms with Crippen molar-refractivity contribution in [1.82, 2.24) is 0 Å². The van der Waals surface area contributed by atoms with Gasteiger partial charge in [0.15, 0.2) is 0 Å². The normalized spacial score (nSPS) is 10.3. The van der Waals surface area contributed by atoms with Crippen LogP contribution in [0, 0.1) is 0 Å². The number of Topliss-reactive ketones (excluding diaryl/α,β-unsaturated/α-hetero) is 2. The zero-order valence-corrected chi connectivity index (χ0v) is 20.6. The SMILES string of the molecule is CC(=O)CNc1ccc(NC(=O)CCCCCCCC(=O)Nc2ccc(NCC(C)=O)cc2)cc1. The minimum absolute atomic E-state index is 0.0173. The number of rotatable bonds is 16. The van der Waals surface area contributed by atoms with E-state index in [2.05, 4.69) is 21.3 Å².